The Morgan fingerprint density at radius 1 is 1.24 bits per heavy atom. The van der Waals surface area contributed by atoms with Gasteiger partial charge in [-0.3, -0.25) is 9.69 Å². The Bertz CT molecular complexity index is 1120. The van der Waals surface area contributed by atoms with Crippen LogP contribution in [-0.2, 0) is 22.9 Å². The minimum absolute atomic E-state index is 0.0592. The van der Waals surface area contributed by atoms with Crippen LogP contribution >= 0.6 is 0 Å². The van der Waals surface area contributed by atoms with Crippen molar-refractivity contribution >= 4 is 15.9 Å². The van der Waals surface area contributed by atoms with Gasteiger partial charge in [-0.25, -0.2) is 13.6 Å². The van der Waals surface area contributed by atoms with E-state index in [1.165, 1.54) is 17.7 Å². The average Bonchev–Trinajstić information content (AvgIpc) is 3.33. The Kier molecular flexibility index (Phi) is 6.79. The fourth-order valence-corrected chi connectivity index (χ4v) is 5.46. The minimum Gasteiger partial charge on any atom is -0.486 e. The predicted octanol–water partition coefficient (Wildman–Crippen LogP) is 2.87. The number of primary sulfonamides is 1. The number of carbonyl (C=O) groups is 1. The van der Waals surface area contributed by atoms with Crippen LogP contribution in [0.15, 0.2) is 47.4 Å². The van der Waals surface area contributed by atoms with Crippen LogP contribution in [-0.4, -0.2) is 50.5 Å². The van der Waals surface area contributed by atoms with Gasteiger partial charge in [-0.15, -0.1) is 0 Å². The molecular formula is C25H33N3O4S. The van der Waals surface area contributed by atoms with Crippen LogP contribution in [0.25, 0.3) is 0 Å². The first-order chi connectivity index (χ1) is 15.6. The zero-order valence-electron chi connectivity index (χ0n) is 19.3. The summed E-state index contributed by atoms with van der Waals surface area (Å²) in [5, 5.41) is 8.38. The van der Waals surface area contributed by atoms with E-state index in [1.54, 1.807) is 0 Å². The molecule has 2 aliphatic heterocycles. The summed E-state index contributed by atoms with van der Waals surface area (Å²) in [6.07, 6.45) is 4.77. The molecule has 0 aliphatic carbocycles. The Morgan fingerprint density at radius 2 is 2.00 bits per heavy atom. The van der Waals surface area contributed by atoms with E-state index in [0.717, 1.165) is 38.8 Å². The molecule has 178 valence electrons. The summed E-state index contributed by atoms with van der Waals surface area (Å²) < 4.78 is 30.0. The lowest BCUT2D eigenvalue weighted by Crippen LogP contribution is -2.40. The predicted molar refractivity (Wildman–Crippen MR) is 128 cm³/mol. The van der Waals surface area contributed by atoms with Crippen LogP contribution in [0.5, 0.6) is 5.75 Å². The van der Waals surface area contributed by atoms with Gasteiger partial charge in [0.15, 0.2) is 0 Å². The molecule has 0 bridgehead atoms. The molecule has 8 heteroatoms. The largest absolute Gasteiger partial charge is 0.486 e. The second-order valence-electron chi connectivity index (χ2n) is 9.67. The molecule has 1 amide bonds. The number of hydrogen-bond donors (Lipinski definition) is 2. The molecule has 1 fully saturated rings. The van der Waals surface area contributed by atoms with Crippen molar-refractivity contribution in [2.75, 3.05) is 19.6 Å². The van der Waals surface area contributed by atoms with E-state index in [-0.39, 0.29) is 22.4 Å². The molecule has 2 heterocycles. The molecule has 3 N–H and O–H groups in total. The normalized spacial score (nSPS) is 19.8. The highest BCUT2D eigenvalue weighted by Crippen LogP contribution is 2.39. The molecule has 1 atom stereocenters. The highest BCUT2D eigenvalue weighted by atomic mass is 32.2. The Balaban J connectivity index is 1.40. The molecule has 2 aliphatic rings. The molecule has 2 aromatic carbocycles. The summed E-state index contributed by atoms with van der Waals surface area (Å²) >= 11 is 0. The molecule has 0 spiro atoms. The second-order valence-corrected chi connectivity index (χ2v) is 11.2. The number of nitrogens with zero attached hydrogens (tertiary/aromatic N) is 1. The van der Waals surface area contributed by atoms with E-state index in [0.29, 0.717) is 24.3 Å². The van der Waals surface area contributed by atoms with E-state index < -0.39 is 15.6 Å². The first-order valence-electron chi connectivity index (χ1n) is 11.6. The lowest BCUT2D eigenvalue weighted by molar-refractivity contribution is 0.0926. The zero-order valence-corrected chi connectivity index (χ0v) is 20.2. The SMILES string of the molecule is CC1(C)Cc2cc(S(N)(=O)=O)cc(C(=O)NC[C@H]3CCCN3CCCc3ccccc3)c2O1. The number of hydrogen-bond acceptors (Lipinski definition) is 5. The Labute approximate surface area is 196 Å². The molecule has 4 rings (SSSR count). The average molecular weight is 472 g/mol. The van der Waals surface area contributed by atoms with Gasteiger partial charge < -0.3 is 10.1 Å². The summed E-state index contributed by atoms with van der Waals surface area (Å²) in [6, 6.07) is 13.6. The van der Waals surface area contributed by atoms with E-state index >= 15 is 0 Å². The van der Waals surface area contributed by atoms with Crippen LogP contribution in [0.1, 0.15) is 54.6 Å². The van der Waals surface area contributed by atoms with E-state index in [4.69, 9.17) is 9.88 Å². The number of rotatable bonds is 8. The number of ether oxygens (including phenoxy) is 1. The van der Waals surface area contributed by atoms with Crippen LogP contribution in [0.4, 0.5) is 0 Å². The quantitative estimate of drug-likeness (QED) is 0.616. The third-order valence-corrected chi connectivity index (χ3v) is 7.35. The number of benzene rings is 2. The summed E-state index contributed by atoms with van der Waals surface area (Å²) in [4.78, 5) is 15.5. The fraction of sp³-hybridized carbons (Fsp3) is 0.480. The van der Waals surface area contributed by atoms with Crippen LogP contribution in [0.3, 0.4) is 0 Å². The molecule has 1 saturated heterocycles. The van der Waals surface area contributed by atoms with Crippen molar-refractivity contribution in [3.05, 3.63) is 59.2 Å². The van der Waals surface area contributed by atoms with Gasteiger partial charge in [-0.2, -0.15) is 0 Å². The van der Waals surface area contributed by atoms with Crippen molar-refractivity contribution in [3.8, 4) is 5.75 Å². The number of nitrogens with two attached hydrogens (primary N) is 1. The number of likely N-dealkylation sites (tertiary alicyclic amines) is 1. The van der Waals surface area contributed by atoms with Crippen molar-refractivity contribution in [2.45, 2.75) is 62.5 Å². The molecule has 0 radical (unpaired) electrons. The summed E-state index contributed by atoms with van der Waals surface area (Å²) in [6.45, 7) is 6.36. The van der Waals surface area contributed by atoms with Gasteiger partial charge >= 0.3 is 0 Å². The summed E-state index contributed by atoms with van der Waals surface area (Å²) in [5.74, 6) is 0.127. The van der Waals surface area contributed by atoms with Gasteiger partial charge in [0, 0.05) is 24.6 Å². The fourth-order valence-electron chi connectivity index (χ4n) is 4.87. The van der Waals surface area contributed by atoms with Gasteiger partial charge in [0.2, 0.25) is 10.0 Å². The van der Waals surface area contributed by atoms with Gasteiger partial charge in [-0.05, 0) is 70.3 Å². The maximum atomic E-state index is 13.1. The highest BCUT2D eigenvalue weighted by molar-refractivity contribution is 7.89. The lowest BCUT2D eigenvalue weighted by atomic mass is 10.0. The molecule has 0 saturated carbocycles. The maximum absolute atomic E-state index is 13.1. The number of amides is 1. The molecular weight excluding hydrogens is 438 g/mol. The van der Waals surface area contributed by atoms with Crippen LogP contribution < -0.4 is 15.2 Å². The maximum Gasteiger partial charge on any atom is 0.255 e. The van der Waals surface area contributed by atoms with Crippen molar-refractivity contribution in [3.63, 3.8) is 0 Å². The van der Waals surface area contributed by atoms with Crippen molar-refractivity contribution in [1.82, 2.24) is 10.2 Å². The van der Waals surface area contributed by atoms with E-state index in [1.807, 2.05) is 19.9 Å². The first kappa shape index (κ1) is 23.7. The highest BCUT2D eigenvalue weighted by Gasteiger charge is 2.35. The van der Waals surface area contributed by atoms with Gasteiger partial charge in [0.1, 0.15) is 11.4 Å². The number of nitrogens with one attached hydrogen (secondary N) is 1. The Hall–Kier alpha value is -2.42. The van der Waals surface area contributed by atoms with E-state index in [2.05, 4.69) is 34.5 Å². The minimum atomic E-state index is -3.93. The smallest absolute Gasteiger partial charge is 0.255 e. The number of aryl methyl sites for hydroxylation is 1. The molecule has 0 aromatic heterocycles. The summed E-state index contributed by atoms with van der Waals surface area (Å²) in [5.41, 5.74) is 1.76. The Morgan fingerprint density at radius 3 is 2.73 bits per heavy atom. The number of sulfonamides is 1. The molecule has 33 heavy (non-hydrogen) atoms. The molecule has 0 unspecified atom stereocenters. The standard InChI is InChI=1S/C25H33N3O4S/c1-25(2)16-19-14-21(33(26,30)31)15-22(23(19)32-25)24(29)27-17-20-11-7-13-28(20)12-6-10-18-8-4-3-5-9-18/h3-5,8-9,14-15,20H,6-7,10-13,16-17H2,1-2H3,(H,27,29)(H2,26,30,31)/t20-/m1/s1. The van der Waals surface area contributed by atoms with Crippen LogP contribution in [0, 0.1) is 0 Å². The third-order valence-electron chi connectivity index (χ3n) is 6.46. The molecule has 2 aromatic rings. The first-order valence-corrected chi connectivity index (χ1v) is 13.1. The van der Waals surface area contributed by atoms with Crippen LogP contribution in [0.2, 0.25) is 0 Å². The number of fused-ring (bicyclic) bond motifs is 1. The number of carbonyl (C=O) groups excluding carboxylic acids is 1. The summed E-state index contributed by atoms with van der Waals surface area (Å²) in [7, 11) is -3.93. The van der Waals surface area contributed by atoms with Crippen molar-refractivity contribution in [2.24, 2.45) is 5.14 Å². The monoisotopic (exact) mass is 471 g/mol. The van der Waals surface area contributed by atoms with Crippen molar-refractivity contribution < 1.29 is 17.9 Å². The van der Waals surface area contributed by atoms with Crippen molar-refractivity contribution in [1.29, 1.82) is 0 Å². The van der Waals surface area contributed by atoms with Gasteiger partial charge in [0.05, 0.1) is 10.5 Å². The second kappa shape index (κ2) is 9.44. The van der Waals surface area contributed by atoms with Gasteiger partial charge in [0.25, 0.3) is 5.91 Å². The van der Waals surface area contributed by atoms with E-state index in [9.17, 15) is 13.2 Å². The zero-order chi connectivity index (χ0) is 23.6. The topological polar surface area (TPSA) is 102 Å². The van der Waals surface area contributed by atoms with Gasteiger partial charge in [-0.1, -0.05) is 30.3 Å². The molecule has 7 nitrogen and oxygen atoms in total. The third kappa shape index (κ3) is 5.75. The lowest BCUT2D eigenvalue weighted by Gasteiger charge is -2.25.